The summed E-state index contributed by atoms with van der Waals surface area (Å²) in [7, 11) is 2.75. The van der Waals surface area contributed by atoms with Crippen molar-refractivity contribution in [1.82, 2.24) is 21.3 Å². The third kappa shape index (κ3) is 19.5. The van der Waals surface area contributed by atoms with Crippen molar-refractivity contribution in [1.29, 1.82) is 0 Å². The third-order valence-electron chi connectivity index (χ3n) is 10.3. The molecular formula is C52H67N7O11. The van der Waals surface area contributed by atoms with Gasteiger partial charge in [0.05, 0.1) is 25.3 Å². The number of nitrogens with one attached hydrogen (secondary N) is 6. The van der Waals surface area contributed by atoms with Crippen LogP contribution in [0.15, 0.2) is 109 Å². The molecule has 0 aromatic heterocycles. The first-order valence-electron chi connectivity index (χ1n) is 23.2. The minimum atomic E-state index is -1.14. The number of anilines is 2. The van der Waals surface area contributed by atoms with Crippen molar-refractivity contribution in [2.45, 2.75) is 104 Å². The molecule has 18 nitrogen and oxygen atoms in total. The van der Waals surface area contributed by atoms with Crippen molar-refractivity contribution in [2.24, 2.45) is 5.73 Å². The van der Waals surface area contributed by atoms with Crippen LogP contribution >= 0.6 is 0 Å². The highest BCUT2D eigenvalue weighted by Gasteiger charge is 2.27. The maximum atomic E-state index is 14.1. The molecule has 18 heteroatoms. The molecule has 0 fully saturated rings. The van der Waals surface area contributed by atoms with Gasteiger partial charge in [-0.05, 0) is 119 Å². The summed E-state index contributed by atoms with van der Waals surface area (Å²) >= 11 is 0. The lowest BCUT2D eigenvalue weighted by Crippen LogP contribution is -2.46. The van der Waals surface area contributed by atoms with Crippen LogP contribution in [0.3, 0.4) is 0 Å². The summed E-state index contributed by atoms with van der Waals surface area (Å²) in [6, 6.07) is 25.7. The first-order chi connectivity index (χ1) is 33.6. The van der Waals surface area contributed by atoms with Crippen molar-refractivity contribution in [3.8, 4) is 11.5 Å². The highest BCUT2D eigenvalue weighted by atomic mass is 16.6. The van der Waals surface area contributed by atoms with Gasteiger partial charge in [-0.3, -0.25) is 19.2 Å². The zero-order valence-electron chi connectivity index (χ0n) is 40.8. The van der Waals surface area contributed by atoms with Gasteiger partial charge in [0.15, 0.2) is 5.88 Å². The van der Waals surface area contributed by atoms with Crippen LogP contribution < -0.4 is 47.1 Å². The van der Waals surface area contributed by atoms with Crippen molar-refractivity contribution in [3.63, 3.8) is 0 Å². The van der Waals surface area contributed by atoms with Gasteiger partial charge in [0.25, 0.3) is 11.8 Å². The van der Waals surface area contributed by atoms with Crippen LogP contribution in [0.25, 0.3) is 0 Å². The third-order valence-corrected chi connectivity index (χ3v) is 10.3. The lowest BCUT2D eigenvalue weighted by molar-refractivity contribution is -0.119. The van der Waals surface area contributed by atoms with E-state index in [0.29, 0.717) is 44.7 Å². The summed E-state index contributed by atoms with van der Waals surface area (Å²) in [4.78, 5) is 79.3. The van der Waals surface area contributed by atoms with Crippen LogP contribution in [-0.2, 0) is 37.0 Å². The Hall–Kier alpha value is -7.76. The van der Waals surface area contributed by atoms with Gasteiger partial charge in [-0.15, -0.1) is 0 Å². The fraction of sp³-hybridized carbons (Fsp3) is 0.385. The van der Waals surface area contributed by atoms with E-state index in [1.165, 1.54) is 44.6 Å². The monoisotopic (exact) mass is 965 g/mol. The Morgan fingerprint density at radius 2 is 1.11 bits per heavy atom. The Morgan fingerprint density at radius 3 is 1.63 bits per heavy atom. The number of nitrogens with two attached hydrogens (primary N) is 1. The summed E-state index contributed by atoms with van der Waals surface area (Å²) in [5.41, 5.74) is 7.06. The molecule has 0 saturated heterocycles. The van der Waals surface area contributed by atoms with Crippen molar-refractivity contribution in [3.05, 3.63) is 131 Å². The number of unbranched alkanes of at least 4 members (excludes halogenated alkanes) is 2. The van der Waals surface area contributed by atoms with Gasteiger partial charge in [-0.2, -0.15) is 0 Å². The zero-order valence-corrected chi connectivity index (χ0v) is 40.8. The minimum absolute atomic E-state index is 0.00506. The van der Waals surface area contributed by atoms with E-state index in [0.717, 1.165) is 17.5 Å². The van der Waals surface area contributed by atoms with Gasteiger partial charge in [-0.1, -0.05) is 67.6 Å². The minimum Gasteiger partial charge on any atom is -0.496 e. The number of methoxy groups -OCH3 is 2. The van der Waals surface area contributed by atoms with E-state index in [1.54, 1.807) is 26.8 Å². The molecule has 0 spiro atoms. The molecule has 0 aliphatic rings. The van der Waals surface area contributed by atoms with Gasteiger partial charge in [-0.25, -0.2) is 9.59 Å². The lowest BCUT2D eigenvalue weighted by atomic mass is 10.1. The van der Waals surface area contributed by atoms with Crippen LogP contribution in [-0.4, -0.2) is 80.8 Å². The molecule has 0 aliphatic heterocycles. The Morgan fingerprint density at radius 1 is 0.614 bits per heavy atom. The first-order valence-corrected chi connectivity index (χ1v) is 23.2. The standard InChI is InChI=1S/C52H67N7O11/c1-7-18-45(68-33-35-19-10-8-11-20-35)54-29-16-14-24-42(59-51(65)70-52(2,3)4)49(63)57-38-26-28-44(67-6)40(32-38)47(61)58-41(48(62)56-37-25-27-43(66-5)39(31-37)46(53)60)23-15-17-30-55-50(64)69-34-36-21-12-9-13-22-36/h8-13,18-22,25-28,31-32,41-42,54H,7,14-17,23-24,29-30,33-34H2,1-6H3,(H2,53,60)(H,55,64)(H,56,62)(H,57,63)(H,58,61)(H,59,65)/b45-18-. The van der Waals surface area contributed by atoms with Crippen LogP contribution in [0.4, 0.5) is 21.0 Å². The summed E-state index contributed by atoms with van der Waals surface area (Å²) in [5.74, 6) is -1.64. The molecule has 0 heterocycles. The number of ether oxygens (including phenoxy) is 5. The number of hydrogen-bond acceptors (Lipinski definition) is 12. The SMILES string of the molecule is CC/C=C(/NCCCCC(NC(=O)OC(C)(C)C)C(=O)Nc1ccc(OC)c(C(=O)NC(CCCCNC(=O)OCc2ccccc2)C(=O)Nc2ccc(OC)c(C(N)=O)c2)c1)OCc1ccccc1. The number of amides is 6. The molecule has 2 atom stereocenters. The lowest BCUT2D eigenvalue weighted by Gasteiger charge is -2.23. The molecule has 0 bridgehead atoms. The average Bonchev–Trinajstić information content (AvgIpc) is 3.33. The Bertz CT molecular complexity index is 2370. The molecule has 4 aromatic carbocycles. The molecule has 4 aromatic rings. The molecule has 8 N–H and O–H groups in total. The predicted octanol–water partition coefficient (Wildman–Crippen LogP) is 7.70. The number of primary amides is 1. The van der Waals surface area contributed by atoms with Crippen molar-refractivity contribution >= 4 is 47.2 Å². The molecule has 0 radical (unpaired) electrons. The topological polar surface area (TPSA) is 247 Å². The predicted molar refractivity (Wildman–Crippen MR) is 266 cm³/mol. The zero-order chi connectivity index (χ0) is 50.9. The number of rotatable bonds is 27. The van der Waals surface area contributed by atoms with E-state index in [2.05, 4.69) is 31.9 Å². The average molecular weight is 966 g/mol. The van der Waals surface area contributed by atoms with Crippen LogP contribution in [0, 0.1) is 0 Å². The fourth-order valence-corrected chi connectivity index (χ4v) is 6.85. The van der Waals surface area contributed by atoms with Crippen LogP contribution in [0.2, 0.25) is 0 Å². The molecule has 70 heavy (non-hydrogen) atoms. The smallest absolute Gasteiger partial charge is 0.408 e. The summed E-state index contributed by atoms with van der Waals surface area (Å²) in [6.45, 7) is 8.46. The van der Waals surface area contributed by atoms with Gasteiger partial charge in [0, 0.05) is 24.5 Å². The first kappa shape index (κ1) is 54.8. The fourth-order valence-electron chi connectivity index (χ4n) is 6.85. The normalized spacial score (nSPS) is 12.0. The van der Waals surface area contributed by atoms with Gasteiger partial charge < -0.3 is 61.3 Å². The molecular weight excluding hydrogens is 899 g/mol. The summed E-state index contributed by atoms with van der Waals surface area (Å²) < 4.78 is 27.5. The van der Waals surface area contributed by atoms with E-state index in [1.807, 2.05) is 73.7 Å². The number of carbonyl (C=O) groups is 6. The Labute approximate surface area is 409 Å². The Kier molecular flexibility index (Phi) is 22.4. The van der Waals surface area contributed by atoms with E-state index < -0.39 is 53.5 Å². The van der Waals surface area contributed by atoms with E-state index in [9.17, 15) is 28.8 Å². The molecule has 0 aliphatic carbocycles. The second-order valence-electron chi connectivity index (χ2n) is 17.1. The molecule has 6 amide bonds. The molecule has 4 rings (SSSR count). The van der Waals surface area contributed by atoms with Crippen LogP contribution in [0.1, 0.15) is 104 Å². The maximum Gasteiger partial charge on any atom is 0.408 e. The second kappa shape index (κ2) is 28.5. The number of alkyl carbamates (subject to hydrolysis) is 2. The van der Waals surface area contributed by atoms with E-state index in [-0.39, 0.29) is 60.0 Å². The number of allylic oxidation sites excluding steroid dienone is 1. The number of hydrogen-bond donors (Lipinski definition) is 7. The molecule has 2 unspecified atom stereocenters. The summed E-state index contributed by atoms with van der Waals surface area (Å²) in [5, 5.41) is 17.0. The van der Waals surface area contributed by atoms with Crippen molar-refractivity contribution in [2.75, 3.05) is 37.9 Å². The number of benzene rings is 4. The second-order valence-corrected chi connectivity index (χ2v) is 17.1. The van der Waals surface area contributed by atoms with Crippen molar-refractivity contribution < 1.29 is 52.5 Å². The van der Waals surface area contributed by atoms with E-state index >= 15 is 0 Å². The van der Waals surface area contributed by atoms with Gasteiger partial charge >= 0.3 is 12.2 Å². The van der Waals surface area contributed by atoms with Gasteiger partial charge in [0.1, 0.15) is 42.4 Å². The van der Waals surface area contributed by atoms with Crippen LogP contribution in [0.5, 0.6) is 11.5 Å². The highest BCUT2D eigenvalue weighted by Crippen LogP contribution is 2.25. The van der Waals surface area contributed by atoms with Gasteiger partial charge in [0.2, 0.25) is 11.8 Å². The number of carbonyl (C=O) groups excluding carboxylic acids is 6. The molecule has 376 valence electrons. The maximum absolute atomic E-state index is 14.1. The largest absolute Gasteiger partial charge is 0.496 e. The molecule has 0 saturated carbocycles. The summed E-state index contributed by atoms with van der Waals surface area (Å²) in [6.07, 6.45) is 3.71. The quantitative estimate of drug-likeness (QED) is 0.0225. The van der Waals surface area contributed by atoms with E-state index in [4.69, 9.17) is 29.4 Å². The Balaban J connectivity index is 1.45. The highest BCUT2D eigenvalue weighted by molar-refractivity contribution is 6.05.